The fourth-order valence-corrected chi connectivity index (χ4v) is 2.03. The lowest BCUT2D eigenvalue weighted by Gasteiger charge is -2.12. The third-order valence-corrected chi connectivity index (χ3v) is 3.47. The van der Waals surface area contributed by atoms with Gasteiger partial charge >= 0.3 is 0 Å². The van der Waals surface area contributed by atoms with Gasteiger partial charge in [0.1, 0.15) is 0 Å². The minimum absolute atomic E-state index is 0.00328. The summed E-state index contributed by atoms with van der Waals surface area (Å²) in [5.41, 5.74) is 7.00. The van der Waals surface area contributed by atoms with Crippen molar-refractivity contribution in [2.45, 2.75) is 31.7 Å². The molecule has 1 atom stereocenters. The van der Waals surface area contributed by atoms with Gasteiger partial charge in [-0.2, -0.15) is 0 Å². The van der Waals surface area contributed by atoms with Gasteiger partial charge in [0.05, 0.1) is 0 Å². The highest BCUT2D eigenvalue weighted by molar-refractivity contribution is 5.76. The lowest BCUT2D eigenvalue weighted by atomic mass is 10.0. The van der Waals surface area contributed by atoms with Gasteiger partial charge in [0.2, 0.25) is 5.91 Å². The molecule has 1 aromatic rings. The third kappa shape index (κ3) is 5.72. The summed E-state index contributed by atoms with van der Waals surface area (Å²) in [6.45, 7) is 2.26. The van der Waals surface area contributed by atoms with Crippen LogP contribution in [0.5, 0.6) is 0 Å². The van der Waals surface area contributed by atoms with Crippen LogP contribution in [0, 0.1) is 5.92 Å². The second kappa shape index (κ2) is 8.02. The number of benzene rings is 1. The molecule has 1 amide bonds. The van der Waals surface area contributed by atoms with Crippen LogP contribution in [0.4, 0.5) is 0 Å². The normalized spacial score (nSPS) is 15.8. The number of ether oxygens (including phenoxy) is 1. The SMILES string of the molecule is NC(CC(=O)NCCCOCC1CC1)c1ccccc1. The Morgan fingerprint density at radius 3 is 2.80 bits per heavy atom. The van der Waals surface area contributed by atoms with Crippen LogP contribution < -0.4 is 11.1 Å². The first-order chi connectivity index (χ1) is 9.75. The van der Waals surface area contributed by atoms with Gasteiger partial charge in [0.25, 0.3) is 0 Å². The molecule has 0 aliphatic heterocycles. The van der Waals surface area contributed by atoms with Crippen LogP contribution in [0.25, 0.3) is 0 Å². The van der Waals surface area contributed by atoms with Crippen molar-refractivity contribution in [2.75, 3.05) is 19.8 Å². The number of carbonyl (C=O) groups is 1. The molecule has 0 saturated heterocycles. The average molecular weight is 276 g/mol. The molecule has 4 heteroatoms. The van der Waals surface area contributed by atoms with Crippen molar-refractivity contribution in [3.8, 4) is 0 Å². The van der Waals surface area contributed by atoms with Gasteiger partial charge in [-0.3, -0.25) is 4.79 Å². The maximum absolute atomic E-state index is 11.7. The molecule has 1 aliphatic carbocycles. The van der Waals surface area contributed by atoms with Crippen LogP contribution in [0.2, 0.25) is 0 Å². The molecule has 3 N–H and O–H groups in total. The predicted molar refractivity (Wildman–Crippen MR) is 79.2 cm³/mol. The van der Waals surface area contributed by atoms with Crippen molar-refractivity contribution in [3.05, 3.63) is 35.9 Å². The van der Waals surface area contributed by atoms with Crippen molar-refractivity contribution in [1.82, 2.24) is 5.32 Å². The van der Waals surface area contributed by atoms with Crippen LogP contribution in [-0.4, -0.2) is 25.7 Å². The van der Waals surface area contributed by atoms with E-state index in [1.54, 1.807) is 0 Å². The second-order valence-electron chi connectivity index (χ2n) is 5.44. The lowest BCUT2D eigenvalue weighted by Crippen LogP contribution is -2.28. The van der Waals surface area contributed by atoms with Gasteiger partial charge in [-0.15, -0.1) is 0 Å². The molecule has 20 heavy (non-hydrogen) atoms. The molecule has 1 aliphatic rings. The molecular formula is C16H24N2O2. The highest BCUT2D eigenvalue weighted by Crippen LogP contribution is 2.28. The fraction of sp³-hybridized carbons (Fsp3) is 0.562. The van der Waals surface area contributed by atoms with E-state index in [0.717, 1.165) is 31.1 Å². The number of hydrogen-bond acceptors (Lipinski definition) is 3. The van der Waals surface area contributed by atoms with E-state index in [4.69, 9.17) is 10.5 Å². The Hall–Kier alpha value is -1.39. The number of nitrogens with one attached hydrogen (secondary N) is 1. The number of hydrogen-bond donors (Lipinski definition) is 2. The smallest absolute Gasteiger partial charge is 0.221 e. The van der Waals surface area contributed by atoms with E-state index in [1.165, 1.54) is 12.8 Å². The Labute approximate surface area is 120 Å². The van der Waals surface area contributed by atoms with E-state index in [2.05, 4.69) is 5.32 Å². The molecule has 0 aromatic heterocycles. The van der Waals surface area contributed by atoms with E-state index in [-0.39, 0.29) is 11.9 Å². The summed E-state index contributed by atoms with van der Waals surface area (Å²) >= 11 is 0. The summed E-state index contributed by atoms with van der Waals surface area (Å²) in [6, 6.07) is 9.47. The molecule has 2 rings (SSSR count). The zero-order valence-corrected chi connectivity index (χ0v) is 11.9. The highest BCUT2D eigenvalue weighted by Gasteiger charge is 2.20. The summed E-state index contributed by atoms with van der Waals surface area (Å²) in [5.74, 6) is 0.803. The Morgan fingerprint density at radius 1 is 1.35 bits per heavy atom. The van der Waals surface area contributed by atoms with E-state index in [9.17, 15) is 4.79 Å². The summed E-state index contributed by atoms with van der Waals surface area (Å²) in [5, 5.41) is 2.89. The Morgan fingerprint density at radius 2 is 2.10 bits per heavy atom. The average Bonchev–Trinajstić information content (AvgIpc) is 3.27. The molecular weight excluding hydrogens is 252 g/mol. The second-order valence-corrected chi connectivity index (χ2v) is 5.44. The lowest BCUT2D eigenvalue weighted by molar-refractivity contribution is -0.121. The van der Waals surface area contributed by atoms with E-state index >= 15 is 0 Å². The number of nitrogens with two attached hydrogens (primary N) is 1. The van der Waals surface area contributed by atoms with Crippen molar-refractivity contribution in [2.24, 2.45) is 11.7 Å². The van der Waals surface area contributed by atoms with E-state index in [1.807, 2.05) is 30.3 Å². The monoisotopic (exact) mass is 276 g/mol. The molecule has 0 spiro atoms. The number of rotatable bonds is 9. The Balaban J connectivity index is 1.53. The molecule has 1 saturated carbocycles. The van der Waals surface area contributed by atoms with E-state index < -0.39 is 0 Å². The van der Waals surface area contributed by atoms with Crippen LogP contribution in [0.3, 0.4) is 0 Å². The van der Waals surface area contributed by atoms with Crippen molar-refractivity contribution in [3.63, 3.8) is 0 Å². The molecule has 0 radical (unpaired) electrons. The van der Waals surface area contributed by atoms with Gasteiger partial charge in [-0.1, -0.05) is 30.3 Å². The zero-order chi connectivity index (χ0) is 14.2. The van der Waals surface area contributed by atoms with E-state index in [0.29, 0.717) is 13.0 Å². The molecule has 110 valence electrons. The van der Waals surface area contributed by atoms with Gasteiger partial charge < -0.3 is 15.8 Å². The Kier molecular flexibility index (Phi) is 6.02. The minimum Gasteiger partial charge on any atom is -0.381 e. The van der Waals surface area contributed by atoms with Crippen molar-refractivity contribution >= 4 is 5.91 Å². The summed E-state index contributed by atoms with van der Waals surface area (Å²) in [4.78, 5) is 11.7. The van der Waals surface area contributed by atoms with Crippen LogP contribution in [-0.2, 0) is 9.53 Å². The summed E-state index contributed by atoms with van der Waals surface area (Å²) in [6.07, 6.45) is 3.81. The number of carbonyl (C=O) groups excluding carboxylic acids is 1. The molecule has 0 bridgehead atoms. The van der Waals surface area contributed by atoms with Crippen molar-refractivity contribution < 1.29 is 9.53 Å². The molecule has 1 aromatic carbocycles. The van der Waals surface area contributed by atoms with Crippen LogP contribution in [0.15, 0.2) is 30.3 Å². The fourth-order valence-electron chi connectivity index (χ4n) is 2.03. The minimum atomic E-state index is -0.234. The largest absolute Gasteiger partial charge is 0.381 e. The first-order valence-electron chi connectivity index (χ1n) is 7.40. The summed E-state index contributed by atoms with van der Waals surface area (Å²) < 4.78 is 5.51. The first kappa shape index (κ1) is 15.0. The van der Waals surface area contributed by atoms with Crippen LogP contribution in [0.1, 0.15) is 37.3 Å². The maximum atomic E-state index is 11.7. The third-order valence-electron chi connectivity index (χ3n) is 3.47. The van der Waals surface area contributed by atoms with Crippen molar-refractivity contribution in [1.29, 1.82) is 0 Å². The molecule has 1 unspecified atom stereocenters. The maximum Gasteiger partial charge on any atom is 0.221 e. The standard InChI is InChI=1S/C16H24N2O2/c17-15(14-5-2-1-3-6-14)11-16(19)18-9-4-10-20-12-13-7-8-13/h1-3,5-6,13,15H,4,7-12,17H2,(H,18,19). The number of amides is 1. The molecule has 0 heterocycles. The molecule has 1 fully saturated rings. The van der Waals surface area contributed by atoms with Gasteiger partial charge in [0.15, 0.2) is 0 Å². The van der Waals surface area contributed by atoms with Gasteiger partial charge in [-0.05, 0) is 30.7 Å². The van der Waals surface area contributed by atoms with Gasteiger partial charge in [0, 0.05) is 32.2 Å². The van der Waals surface area contributed by atoms with Crippen LogP contribution >= 0.6 is 0 Å². The quantitative estimate of drug-likeness (QED) is 0.678. The first-order valence-corrected chi connectivity index (χ1v) is 7.40. The molecule has 4 nitrogen and oxygen atoms in total. The highest BCUT2D eigenvalue weighted by atomic mass is 16.5. The summed E-state index contributed by atoms with van der Waals surface area (Å²) in [7, 11) is 0. The topological polar surface area (TPSA) is 64.4 Å². The predicted octanol–water partition coefficient (Wildman–Crippen LogP) is 2.01. The van der Waals surface area contributed by atoms with Gasteiger partial charge in [-0.25, -0.2) is 0 Å². The zero-order valence-electron chi connectivity index (χ0n) is 11.9. The Bertz CT molecular complexity index is 404.